The third-order valence-electron chi connectivity index (χ3n) is 7.81. The lowest BCUT2D eigenvalue weighted by Crippen LogP contribution is -2.44. The van der Waals surface area contributed by atoms with Gasteiger partial charge in [-0.05, 0) is 55.6 Å². The summed E-state index contributed by atoms with van der Waals surface area (Å²) in [6, 6.07) is 6.47. The second kappa shape index (κ2) is 11.4. The number of esters is 1. The number of fused-ring (bicyclic) bond motifs is 2. The van der Waals surface area contributed by atoms with Gasteiger partial charge in [0.15, 0.2) is 17.4 Å². The molecule has 2 fully saturated rings. The minimum atomic E-state index is -3.78. The molecule has 2 aliphatic heterocycles. The zero-order valence-corrected chi connectivity index (χ0v) is 24.8. The van der Waals surface area contributed by atoms with Crippen LogP contribution in [0.1, 0.15) is 44.4 Å². The number of methoxy groups -OCH3 is 1. The fraction of sp³-hybridized carbons (Fsp3) is 0.538. The first kappa shape index (κ1) is 29.3. The van der Waals surface area contributed by atoms with Crippen molar-refractivity contribution in [2.75, 3.05) is 19.5 Å². The lowest BCUT2D eigenvalue weighted by Gasteiger charge is -2.27. The van der Waals surface area contributed by atoms with E-state index in [4.69, 9.17) is 24.5 Å². The van der Waals surface area contributed by atoms with Crippen LogP contribution in [0.15, 0.2) is 35.5 Å². The first-order chi connectivity index (χ1) is 20.1. The second-order valence-electron chi connectivity index (χ2n) is 10.8. The second-order valence-corrected chi connectivity index (χ2v) is 15.0. The lowest BCUT2D eigenvalue weighted by molar-refractivity contribution is -0.150. The summed E-state index contributed by atoms with van der Waals surface area (Å²) in [6.45, 7) is -2.73. The molecule has 1 aromatic carbocycles. The number of benzene rings is 1. The van der Waals surface area contributed by atoms with Crippen molar-refractivity contribution in [1.29, 1.82) is 0 Å². The summed E-state index contributed by atoms with van der Waals surface area (Å²) < 4.78 is 38.5. The predicted octanol–water partition coefficient (Wildman–Crippen LogP) is 2.34. The normalized spacial score (nSPS) is 31.6. The number of carbonyl (C=O) groups excluding carboxylic acids is 1. The number of hydrogen-bond donors (Lipinski definition) is 4. The molecule has 1 saturated heterocycles. The van der Waals surface area contributed by atoms with Crippen molar-refractivity contribution in [1.82, 2.24) is 24.6 Å². The molecule has 6 rings (SSSR count). The van der Waals surface area contributed by atoms with E-state index < -0.39 is 42.8 Å². The van der Waals surface area contributed by atoms with Gasteiger partial charge < -0.3 is 34.7 Å². The number of carbonyl (C=O) groups is 1. The van der Waals surface area contributed by atoms with Gasteiger partial charge in [-0.3, -0.25) is 13.9 Å². The fourth-order valence-corrected chi connectivity index (χ4v) is 9.56. The van der Waals surface area contributed by atoms with Crippen LogP contribution >= 0.6 is 18.1 Å². The Hall–Kier alpha value is -2.78. The molecule has 226 valence electrons. The molecule has 4 heterocycles. The van der Waals surface area contributed by atoms with Crippen molar-refractivity contribution < 1.29 is 38.3 Å². The standard InChI is InChI=1S/C26H33N6O8PS/c1-26(35)20(33)17(40-24(26)32-13-28-19-21(32)29-25(27)30-22(19)37-2)12-38-41(36)31-16(23(34)39-15-8-4-5-9-15)11-14-7-3-6-10-18(14)42-41/h3,6-7,10,13,15-17,20,24,33,35H,4-5,8-9,11-12H2,1-2H3,(H,31,36)(H2,27,29,30)/t16?,17?,20-,24-,26-,41-/m1/s1. The Kier molecular flexibility index (Phi) is 7.94. The van der Waals surface area contributed by atoms with Crippen LogP contribution in [0.4, 0.5) is 5.95 Å². The maximum absolute atomic E-state index is 14.1. The molecule has 0 radical (unpaired) electrons. The summed E-state index contributed by atoms with van der Waals surface area (Å²) in [4.78, 5) is 26.3. The van der Waals surface area contributed by atoms with Crippen LogP contribution in [0.5, 0.6) is 5.88 Å². The minimum Gasteiger partial charge on any atom is -0.479 e. The number of ether oxygens (including phenoxy) is 3. The van der Waals surface area contributed by atoms with E-state index in [0.29, 0.717) is 4.90 Å². The number of nitrogen functional groups attached to an aromatic ring is 1. The number of anilines is 1. The molecule has 3 aliphatic rings. The summed E-state index contributed by atoms with van der Waals surface area (Å²) >= 11 is 0.989. The van der Waals surface area contributed by atoms with Gasteiger partial charge in [-0.25, -0.2) is 10.1 Å². The minimum absolute atomic E-state index is 0.0741. The molecule has 0 spiro atoms. The lowest BCUT2D eigenvalue weighted by atomic mass is 9.96. The van der Waals surface area contributed by atoms with Gasteiger partial charge in [-0.15, -0.1) is 0 Å². The van der Waals surface area contributed by atoms with Gasteiger partial charge in [0.1, 0.15) is 30.0 Å². The molecule has 14 nitrogen and oxygen atoms in total. The first-order valence-electron chi connectivity index (χ1n) is 13.7. The van der Waals surface area contributed by atoms with Crippen LogP contribution in [0.3, 0.4) is 0 Å². The molecule has 6 atom stereocenters. The zero-order valence-electron chi connectivity index (χ0n) is 23.1. The van der Waals surface area contributed by atoms with Gasteiger partial charge in [-0.1, -0.05) is 18.2 Å². The summed E-state index contributed by atoms with van der Waals surface area (Å²) in [5.41, 5.74) is 5.36. The van der Waals surface area contributed by atoms with Gasteiger partial charge in [0.25, 0.3) is 0 Å². The van der Waals surface area contributed by atoms with Crippen molar-refractivity contribution in [2.45, 2.75) is 80.1 Å². The van der Waals surface area contributed by atoms with E-state index >= 15 is 0 Å². The number of nitrogens with two attached hydrogens (primary N) is 1. The third kappa shape index (κ3) is 5.50. The van der Waals surface area contributed by atoms with E-state index in [0.717, 1.165) is 42.6 Å². The maximum atomic E-state index is 14.1. The number of nitrogens with zero attached hydrogens (tertiary/aromatic N) is 4. The largest absolute Gasteiger partial charge is 0.479 e. The van der Waals surface area contributed by atoms with Crippen LogP contribution in [0.25, 0.3) is 11.2 Å². The highest BCUT2D eigenvalue weighted by Crippen LogP contribution is 2.62. The van der Waals surface area contributed by atoms with E-state index in [1.54, 1.807) is 0 Å². The van der Waals surface area contributed by atoms with E-state index in [1.165, 1.54) is 24.9 Å². The van der Waals surface area contributed by atoms with E-state index in [9.17, 15) is 19.6 Å². The average Bonchev–Trinajstić information content (AvgIpc) is 3.64. The van der Waals surface area contributed by atoms with Gasteiger partial charge in [0.05, 0.1) is 20.0 Å². The van der Waals surface area contributed by atoms with Crippen LogP contribution in [0.2, 0.25) is 0 Å². The number of aliphatic hydroxyl groups is 2. The first-order valence-corrected chi connectivity index (χ1v) is 16.7. The Morgan fingerprint density at radius 3 is 2.83 bits per heavy atom. The zero-order chi connectivity index (χ0) is 29.6. The quantitative estimate of drug-likeness (QED) is 0.222. The van der Waals surface area contributed by atoms with Crippen molar-refractivity contribution >= 4 is 41.2 Å². The highest BCUT2D eigenvalue weighted by atomic mass is 32.7. The Balaban J connectivity index is 1.22. The van der Waals surface area contributed by atoms with Crippen molar-refractivity contribution in [3.05, 3.63) is 36.2 Å². The Morgan fingerprint density at radius 1 is 1.31 bits per heavy atom. The number of aliphatic hydroxyl groups excluding tert-OH is 1. The highest BCUT2D eigenvalue weighted by Gasteiger charge is 2.54. The number of nitrogens with one attached hydrogen (secondary N) is 1. The van der Waals surface area contributed by atoms with Gasteiger partial charge in [-0.2, -0.15) is 9.97 Å². The molecule has 16 heteroatoms. The van der Waals surface area contributed by atoms with E-state index in [1.807, 2.05) is 24.3 Å². The van der Waals surface area contributed by atoms with Gasteiger partial charge in [0, 0.05) is 11.3 Å². The molecule has 2 aromatic heterocycles. The number of hydrogen-bond acceptors (Lipinski definition) is 13. The van der Waals surface area contributed by atoms with Crippen LogP contribution in [-0.2, 0) is 29.8 Å². The molecule has 2 unspecified atom stereocenters. The van der Waals surface area contributed by atoms with Crippen molar-refractivity contribution in [3.63, 3.8) is 0 Å². The molecule has 1 aliphatic carbocycles. The number of imidazole rings is 1. The SMILES string of the molecule is COc1nc(N)nc2c1ncn2[C@@H]1OC(CO[P@]2(=O)NC(C(=O)OC3CCCC3)Cc3ccccc3S2)[C@@H](O)[C@@]1(C)O. The van der Waals surface area contributed by atoms with Crippen LogP contribution in [0, 0.1) is 0 Å². The maximum Gasteiger partial charge on any atom is 0.332 e. The smallest absolute Gasteiger partial charge is 0.332 e. The predicted molar refractivity (Wildman–Crippen MR) is 152 cm³/mol. The van der Waals surface area contributed by atoms with E-state index in [-0.39, 0.29) is 42.1 Å². The topological polar surface area (TPSA) is 193 Å². The third-order valence-corrected chi connectivity index (χ3v) is 11.7. The molecule has 0 amide bonds. The summed E-state index contributed by atoms with van der Waals surface area (Å²) in [5.74, 6) is -0.410. The number of rotatable bonds is 7. The van der Waals surface area contributed by atoms with Gasteiger partial charge in [0.2, 0.25) is 11.8 Å². The number of aromatic nitrogens is 4. The van der Waals surface area contributed by atoms with Crippen LogP contribution in [-0.4, -0.2) is 79.4 Å². The highest BCUT2D eigenvalue weighted by molar-refractivity contribution is 8.56. The summed E-state index contributed by atoms with van der Waals surface area (Å²) in [7, 11) is 1.42. The van der Waals surface area contributed by atoms with Crippen molar-refractivity contribution in [2.24, 2.45) is 0 Å². The van der Waals surface area contributed by atoms with Crippen molar-refractivity contribution in [3.8, 4) is 5.88 Å². The molecular weight excluding hydrogens is 587 g/mol. The molecule has 1 saturated carbocycles. The molecule has 42 heavy (non-hydrogen) atoms. The fourth-order valence-electron chi connectivity index (χ4n) is 5.60. The summed E-state index contributed by atoms with van der Waals surface area (Å²) in [5, 5.41) is 25.3. The molecular formula is C26H33N6O8PS. The Labute approximate surface area is 245 Å². The average molecular weight is 621 g/mol. The molecule has 3 aromatic rings. The summed E-state index contributed by atoms with van der Waals surface area (Å²) in [6.07, 6.45) is 1.45. The van der Waals surface area contributed by atoms with E-state index in [2.05, 4.69) is 20.0 Å². The molecule has 0 bridgehead atoms. The Bertz CT molecular complexity index is 1530. The monoisotopic (exact) mass is 620 g/mol. The Morgan fingerprint density at radius 2 is 2.07 bits per heavy atom. The molecule has 5 N–H and O–H groups in total. The van der Waals surface area contributed by atoms with Gasteiger partial charge >= 0.3 is 12.7 Å². The van der Waals surface area contributed by atoms with Crippen LogP contribution < -0.4 is 15.6 Å².